The fourth-order valence-electron chi connectivity index (χ4n) is 4.96. The van der Waals surface area contributed by atoms with Gasteiger partial charge in [0.05, 0.1) is 19.7 Å². The number of rotatable bonds is 6. The number of piperidine rings is 1. The average Bonchev–Trinajstić information content (AvgIpc) is 2.91. The van der Waals surface area contributed by atoms with Gasteiger partial charge in [0.1, 0.15) is 12.3 Å². The van der Waals surface area contributed by atoms with Crippen LogP contribution in [0.2, 0.25) is 0 Å². The summed E-state index contributed by atoms with van der Waals surface area (Å²) < 4.78 is 55.0. The molecule has 0 atom stereocenters. The molecule has 2 amide bonds. The highest BCUT2D eigenvalue weighted by molar-refractivity contribution is 6.09. The molecule has 0 saturated carbocycles. The fourth-order valence-corrected chi connectivity index (χ4v) is 4.96. The maximum atomic E-state index is 13.9. The SMILES string of the molecule is [2H]c1cc(OC)ccc1C(=O)N(CC(=O)N1CCN(C2CCN(C)CC2)CC1)c1ccccc1C(F)(F)F. The van der Waals surface area contributed by atoms with Crippen LogP contribution in [-0.2, 0) is 11.0 Å². The van der Waals surface area contributed by atoms with Crippen molar-refractivity contribution >= 4 is 17.5 Å². The fraction of sp³-hybridized carbons (Fsp3) is 0.481. The van der Waals surface area contributed by atoms with Crippen molar-refractivity contribution < 1.29 is 28.9 Å². The molecule has 0 unspecified atom stereocenters. The van der Waals surface area contributed by atoms with Crippen LogP contribution in [0.5, 0.6) is 5.75 Å². The zero-order valence-electron chi connectivity index (χ0n) is 22.1. The molecule has 0 N–H and O–H groups in total. The van der Waals surface area contributed by atoms with Gasteiger partial charge in [0.15, 0.2) is 0 Å². The Bertz CT molecular complexity index is 1150. The number of hydrogen-bond donors (Lipinski definition) is 0. The minimum Gasteiger partial charge on any atom is -0.497 e. The van der Waals surface area contributed by atoms with Crippen LogP contribution >= 0.6 is 0 Å². The number of methoxy groups -OCH3 is 1. The van der Waals surface area contributed by atoms with Crippen molar-refractivity contribution in [3.8, 4) is 5.75 Å². The third-order valence-corrected chi connectivity index (χ3v) is 7.16. The number of halogens is 3. The van der Waals surface area contributed by atoms with E-state index in [1.807, 2.05) is 0 Å². The highest BCUT2D eigenvalue weighted by Gasteiger charge is 2.37. The summed E-state index contributed by atoms with van der Waals surface area (Å²) >= 11 is 0. The van der Waals surface area contributed by atoms with Gasteiger partial charge in [-0.15, -0.1) is 0 Å². The summed E-state index contributed by atoms with van der Waals surface area (Å²) in [6.07, 6.45) is -2.60. The van der Waals surface area contributed by atoms with E-state index < -0.39 is 35.8 Å². The lowest BCUT2D eigenvalue weighted by atomic mass is 10.0. The van der Waals surface area contributed by atoms with Crippen molar-refractivity contribution in [1.82, 2.24) is 14.7 Å². The number of anilines is 1. The van der Waals surface area contributed by atoms with Gasteiger partial charge in [0, 0.05) is 37.8 Å². The zero-order chi connectivity index (χ0) is 27.4. The first-order chi connectivity index (χ1) is 18.1. The third-order valence-electron chi connectivity index (χ3n) is 7.16. The van der Waals surface area contributed by atoms with E-state index in [2.05, 4.69) is 16.8 Å². The highest BCUT2D eigenvalue weighted by atomic mass is 19.4. The summed E-state index contributed by atoms with van der Waals surface area (Å²) in [7, 11) is 3.51. The Labute approximate surface area is 216 Å². The second-order valence-electron chi connectivity index (χ2n) is 9.50. The molecule has 2 heterocycles. The maximum absolute atomic E-state index is 13.9. The standard InChI is InChI=1S/C27H33F3N4O3/c1-31-13-11-21(12-14-31)32-15-17-33(18-16-32)25(35)19-34(24-6-4-3-5-23(24)27(28,29)30)26(36)20-7-9-22(37-2)10-8-20/h3-10,21H,11-19H2,1-2H3/i7D. The Kier molecular flexibility index (Phi) is 7.95. The van der Waals surface area contributed by atoms with Gasteiger partial charge >= 0.3 is 6.18 Å². The summed E-state index contributed by atoms with van der Waals surface area (Å²) in [5.74, 6) is -0.946. The van der Waals surface area contributed by atoms with Crippen LogP contribution in [0.4, 0.5) is 18.9 Å². The quantitative estimate of drug-likeness (QED) is 0.584. The largest absolute Gasteiger partial charge is 0.497 e. The first-order valence-electron chi connectivity index (χ1n) is 12.9. The minimum absolute atomic E-state index is 0.123. The maximum Gasteiger partial charge on any atom is 0.418 e. The van der Waals surface area contributed by atoms with Crippen LogP contribution in [0.1, 0.15) is 30.1 Å². The molecule has 200 valence electrons. The first-order valence-corrected chi connectivity index (χ1v) is 12.4. The highest BCUT2D eigenvalue weighted by Crippen LogP contribution is 2.37. The van der Waals surface area contributed by atoms with E-state index in [1.165, 1.54) is 43.5 Å². The molecule has 2 saturated heterocycles. The molecule has 0 aromatic heterocycles. The summed E-state index contributed by atoms with van der Waals surface area (Å²) in [6.45, 7) is 3.75. The predicted molar refractivity (Wildman–Crippen MR) is 135 cm³/mol. The summed E-state index contributed by atoms with van der Waals surface area (Å²) in [4.78, 5) is 34.0. The van der Waals surface area contributed by atoms with Gasteiger partial charge in [-0.3, -0.25) is 19.4 Å². The van der Waals surface area contributed by atoms with Gasteiger partial charge in [0.2, 0.25) is 5.91 Å². The minimum atomic E-state index is -4.73. The molecule has 2 aromatic rings. The molecule has 2 aliphatic heterocycles. The molecular weight excluding hydrogens is 485 g/mol. The van der Waals surface area contributed by atoms with Gasteiger partial charge in [-0.25, -0.2) is 0 Å². The molecule has 10 heteroatoms. The number of piperazine rings is 1. The molecule has 0 bridgehead atoms. The predicted octanol–water partition coefficient (Wildman–Crippen LogP) is 3.60. The molecule has 0 aliphatic carbocycles. The molecule has 0 spiro atoms. The van der Waals surface area contributed by atoms with E-state index in [9.17, 15) is 22.8 Å². The number of carbonyl (C=O) groups excluding carboxylic acids is 2. The van der Waals surface area contributed by atoms with Crippen LogP contribution in [0.3, 0.4) is 0 Å². The number of alkyl halides is 3. The number of likely N-dealkylation sites (tertiary alicyclic amines) is 1. The van der Waals surface area contributed by atoms with Gasteiger partial charge in [-0.2, -0.15) is 13.2 Å². The molecule has 2 aromatic carbocycles. The van der Waals surface area contributed by atoms with Crippen molar-refractivity contribution in [2.24, 2.45) is 0 Å². The topological polar surface area (TPSA) is 56.3 Å². The molecule has 37 heavy (non-hydrogen) atoms. The van der Waals surface area contributed by atoms with Crippen molar-refractivity contribution in [2.75, 3.05) is 64.9 Å². The second-order valence-corrected chi connectivity index (χ2v) is 9.50. The lowest BCUT2D eigenvalue weighted by molar-refractivity contribution is -0.137. The van der Waals surface area contributed by atoms with Crippen LogP contribution in [0.25, 0.3) is 0 Å². The van der Waals surface area contributed by atoms with Crippen LogP contribution in [0, 0.1) is 0 Å². The van der Waals surface area contributed by atoms with Crippen molar-refractivity contribution in [2.45, 2.75) is 25.1 Å². The molecule has 7 nitrogen and oxygen atoms in total. The van der Waals surface area contributed by atoms with Gasteiger partial charge in [-0.05, 0) is 69.4 Å². The number of ether oxygens (including phenoxy) is 1. The molecule has 0 radical (unpaired) electrons. The van der Waals surface area contributed by atoms with Crippen LogP contribution in [0.15, 0.2) is 48.5 Å². The van der Waals surface area contributed by atoms with Crippen molar-refractivity contribution in [1.29, 1.82) is 0 Å². The van der Waals surface area contributed by atoms with E-state index in [4.69, 9.17) is 6.11 Å². The zero-order valence-corrected chi connectivity index (χ0v) is 21.1. The van der Waals surface area contributed by atoms with Crippen molar-refractivity contribution in [3.05, 3.63) is 59.6 Å². The Morgan fingerprint density at radius 1 is 1.03 bits per heavy atom. The van der Waals surface area contributed by atoms with E-state index in [0.717, 1.165) is 36.9 Å². The summed E-state index contributed by atoms with van der Waals surface area (Å²) in [5, 5.41) is 0. The van der Waals surface area contributed by atoms with E-state index >= 15 is 0 Å². The lowest BCUT2D eigenvalue weighted by Crippen LogP contribution is -2.55. The molecular formula is C27H33F3N4O3. The normalized spacial score (nSPS) is 18.4. The number of benzene rings is 2. The van der Waals surface area contributed by atoms with Crippen molar-refractivity contribution in [3.63, 3.8) is 0 Å². The molecule has 2 fully saturated rings. The lowest BCUT2D eigenvalue weighted by Gasteiger charge is -2.42. The average molecular weight is 520 g/mol. The third kappa shape index (κ3) is 6.42. The van der Waals surface area contributed by atoms with Gasteiger partial charge in [0.25, 0.3) is 5.91 Å². The Morgan fingerprint density at radius 2 is 1.70 bits per heavy atom. The van der Waals surface area contributed by atoms with Crippen LogP contribution < -0.4 is 9.64 Å². The summed E-state index contributed by atoms with van der Waals surface area (Å²) in [6, 6.07) is 9.06. The first kappa shape index (κ1) is 25.5. The Balaban J connectivity index is 1.55. The number of hydrogen-bond acceptors (Lipinski definition) is 5. The van der Waals surface area contributed by atoms with Crippen LogP contribution in [-0.4, -0.2) is 92.5 Å². The number of para-hydroxylation sites is 1. The Hall–Kier alpha value is -3.11. The van der Waals surface area contributed by atoms with E-state index in [1.54, 1.807) is 4.90 Å². The number of carbonyl (C=O) groups is 2. The number of nitrogens with zero attached hydrogens (tertiary/aromatic N) is 4. The summed E-state index contributed by atoms with van der Waals surface area (Å²) in [5.41, 5.74) is -1.56. The second kappa shape index (κ2) is 11.5. The molecule has 4 rings (SSSR count). The molecule has 2 aliphatic rings. The number of amides is 2. The Morgan fingerprint density at radius 3 is 2.32 bits per heavy atom. The van der Waals surface area contributed by atoms with E-state index in [-0.39, 0.29) is 11.6 Å². The van der Waals surface area contributed by atoms with Gasteiger partial charge < -0.3 is 14.5 Å². The van der Waals surface area contributed by atoms with Gasteiger partial charge in [-0.1, -0.05) is 12.1 Å². The monoisotopic (exact) mass is 519 g/mol. The smallest absolute Gasteiger partial charge is 0.418 e. The van der Waals surface area contributed by atoms with E-state index in [0.29, 0.717) is 38.0 Å².